The van der Waals surface area contributed by atoms with Gasteiger partial charge in [-0.05, 0) is 23.3 Å². The lowest BCUT2D eigenvalue weighted by Crippen LogP contribution is -2.31. The van der Waals surface area contributed by atoms with Crippen LogP contribution in [0.2, 0.25) is 0 Å². The molecule has 0 radical (unpaired) electrons. The summed E-state index contributed by atoms with van der Waals surface area (Å²) in [7, 11) is 3.14. The fraction of sp³-hybridized carbons (Fsp3) is 0.174. The zero-order valence-electron chi connectivity index (χ0n) is 16.0. The van der Waals surface area contributed by atoms with Crippen LogP contribution in [0.4, 0.5) is 5.69 Å². The first-order chi connectivity index (χ1) is 13.7. The van der Waals surface area contributed by atoms with Crippen LogP contribution in [0.3, 0.4) is 0 Å². The summed E-state index contributed by atoms with van der Waals surface area (Å²) in [5.41, 5.74) is 2.86. The van der Waals surface area contributed by atoms with Crippen molar-refractivity contribution in [1.82, 2.24) is 5.32 Å². The molecular formula is C23H24N2O3. The van der Waals surface area contributed by atoms with Gasteiger partial charge < -0.3 is 14.8 Å². The lowest BCUT2D eigenvalue weighted by molar-refractivity contribution is -0.115. The summed E-state index contributed by atoms with van der Waals surface area (Å²) in [4.78, 5) is 12.5. The van der Waals surface area contributed by atoms with Crippen molar-refractivity contribution >= 4 is 11.6 Å². The van der Waals surface area contributed by atoms with Gasteiger partial charge in [0, 0.05) is 11.8 Å². The van der Waals surface area contributed by atoms with Gasteiger partial charge in [-0.1, -0.05) is 60.7 Å². The molecule has 1 amide bonds. The van der Waals surface area contributed by atoms with E-state index < -0.39 is 0 Å². The van der Waals surface area contributed by atoms with Crippen molar-refractivity contribution in [2.24, 2.45) is 0 Å². The van der Waals surface area contributed by atoms with Crippen LogP contribution in [-0.2, 0) is 4.79 Å². The number of anilines is 1. The van der Waals surface area contributed by atoms with Crippen molar-refractivity contribution in [3.05, 3.63) is 90.0 Å². The van der Waals surface area contributed by atoms with Crippen molar-refractivity contribution in [2.75, 3.05) is 26.1 Å². The number of amides is 1. The molecule has 0 bridgehead atoms. The number of hydrogen-bond donors (Lipinski definition) is 2. The Morgan fingerprint density at radius 2 is 1.39 bits per heavy atom. The van der Waals surface area contributed by atoms with Gasteiger partial charge in [-0.25, -0.2) is 0 Å². The standard InChI is InChI=1S/C23H24N2O3/c1-27-20-14-13-19(15-21(20)28-2)25-22(26)16-24-23(17-9-5-3-6-10-17)18-11-7-4-8-12-18/h3-15,23-24H,16H2,1-2H3,(H,25,26). The van der Waals surface area contributed by atoms with Crippen LogP contribution in [0.5, 0.6) is 11.5 Å². The molecule has 5 heteroatoms. The summed E-state index contributed by atoms with van der Waals surface area (Å²) in [6.07, 6.45) is 0. The van der Waals surface area contributed by atoms with Gasteiger partial charge in [-0.2, -0.15) is 0 Å². The monoisotopic (exact) mass is 376 g/mol. The normalized spacial score (nSPS) is 10.5. The lowest BCUT2D eigenvalue weighted by atomic mass is 9.99. The second-order valence-corrected chi connectivity index (χ2v) is 6.25. The van der Waals surface area contributed by atoms with Crippen LogP contribution in [0.1, 0.15) is 17.2 Å². The van der Waals surface area contributed by atoms with Crippen LogP contribution >= 0.6 is 0 Å². The SMILES string of the molecule is COc1ccc(NC(=O)CNC(c2ccccc2)c2ccccc2)cc1OC. The van der Waals surface area contributed by atoms with Gasteiger partial charge in [-0.15, -0.1) is 0 Å². The molecule has 0 unspecified atom stereocenters. The number of nitrogens with one attached hydrogen (secondary N) is 2. The second-order valence-electron chi connectivity index (χ2n) is 6.25. The molecule has 3 rings (SSSR count). The smallest absolute Gasteiger partial charge is 0.238 e. The minimum Gasteiger partial charge on any atom is -0.493 e. The molecule has 144 valence electrons. The fourth-order valence-corrected chi connectivity index (χ4v) is 3.03. The van der Waals surface area contributed by atoms with E-state index in [1.807, 2.05) is 36.4 Å². The molecule has 28 heavy (non-hydrogen) atoms. The number of rotatable bonds is 8. The summed E-state index contributed by atoms with van der Waals surface area (Å²) in [6, 6.07) is 25.4. The molecule has 2 N–H and O–H groups in total. The summed E-state index contributed by atoms with van der Waals surface area (Å²) < 4.78 is 10.5. The highest BCUT2D eigenvalue weighted by Gasteiger charge is 2.15. The average Bonchev–Trinajstić information content (AvgIpc) is 2.75. The molecule has 0 aliphatic heterocycles. The van der Waals surface area contributed by atoms with Gasteiger partial charge in [0.25, 0.3) is 0 Å². The van der Waals surface area contributed by atoms with Crippen molar-refractivity contribution in [1.29, 1.82) is 0 Å². The molecule has 0 saturated carbocycles. The minimum atomic E-state index is -0.135. The first kappa shape index (κ1) is 19.5. The number of benzene rings is 3. The van der Waals surface area contributed by atoms with E-state index in [1.54, 1.807) is 32.4 Å². The average molecular weight is 376 g/mol. The maximum absolute atomic E-state index is 12.5. The van der Waals surface area contributed by atoms with E-state index in [9.17, 15) is 4.79 Å². The highest BCUT2D eigenvalue weighted by molar-refractivity contribution is 5.92. The quantitative estimate of drug-likeness (QED) is 0.623. The van der Waals surface area contributed by atoms with Crippen LogP contribution < -0.4 is 20.1 Å². The predicted octanol–water partition coefficient (Wildman–Crippen LogP) is 4.02. The van der Waals surface area contributed by atoms with E-state index in [0.717, 1.165) is 11.1 Å². The molecule has 3 aromatic rings. The van der Waals surface area contributed by atoms with E-state index in [-0.39, 0.29) is 18.5 Å². The van der Waals surface area contributed by atoms with E-state index in [0.29, 0.717) is 17.2 Å². The molecule has 3 aromatic carbocycles. The molecular weight excluding hydrogens is 352 g/mol. The summed E-state index contributed by atoms with van der Waals surface area (Å²) in [5.74, 6) is 1.05. The zero-order valence-corrected chi connectivity index (χ0v) is 16.0. The maximum Gasteiger partial charge on any atom is 0.238 e. The second kappa shape index (κ2) is 9.58. The molecule has 0 atom stereocenters. The Morgan fingerprint density at radius 3 is 1.93 bits per heavy atom. The molecule has 0 aliphatic carbocycles. The molecule has 0 aliphatic rings. The molecule has 0 saturated heterocycles. The Hall–Kier alpha value is -3.31. The van der Waals surface area contributed by atoms with Crippen molar-refractivity contribution in [2.45, 2.75) is 6.04 Å². The Labute approximate surface area is 165 Å². The summed E-state index contributed by atoms with van der Waals surface area (Å²) in [5, 5.41) is 6.24. The van der Waals surface area contributed by atoms with E-state index in [1.165, 1.54) is 0 Å². The largest absolute Gasteiger partial charge is 0.493 e. The first-order valence-electron chi connectivity index (χ1n) is 9.06. The van der Waals surface area contributed by atoms with Crippen LogP contribution in [0.25, 0.3) is 0 Å². The zero-order chi connectivity index (χ0) is 19.8. The minimum absolute atomic E-state index is 0.0708. The number of carbonyl (C=O) groups is 1. The van der Waals surface area contributed by atoms with Gasteiger partial charge in [0.05, 0.1) is 26.8 Å². The Balaban J connectivity index is 1.69. The van der Waals surface area contributed by atoms with Crippen LogP contribution in [-0.4, -0.2) is 26.7 Å². The third-order valence-corrected chi connectivity index (χ3v) is 4.40. The number of methoxy groups -OCH3 is 2. The lowest BCUT2D eigenvalue weighted by Gasteiger charge is -2.20. The number of ether oxygens (including phenoxy) is 2. The molecule has 5 nitrogen and oxygen atoms in total. The van der Waals surface area contributed by atoms with Crippen molar-refractivity contribution < 1.29 is 14.3 Å². The third kappa shape index (κ3) is 4.90. The van der Waals surface area contributed by atoms with Crippen LogP contribution in [0.15, 0.2) is 78.9 Å². The van der Waals surface area contributed by atoms with Gasteiger partial charge >= 0.3 is 0 Å². The van der Waals surface area contributed by atoms with E-state index in [2.05, 4.69) is 34.9 Å². The topological polar surface area (TPSA) is 59.6 Å². The van der Waals surface area contributed by atoms with Gasteiger partial charge in [0.2, 0.25) is 5.91 Å². The molecule has 0 aromatic heterocycles. The fourth-order valence-electron chi connectivity index (χ4n) is 3.03. The Kier molecular flexibility index (Phi) is 6.65. The predicted molar refractivity (Wildman–Crippen MR) is 111 cm³/mol. The van der Waals surface area contributed by atoms with Crippen LogP contribution in [0, 0.1) is 0 Å². The van der Waals surface area contributed by atoms with Crippen molar-refractivity contribution in [3.8, 4) is 11.5 Å². The Morgan fingerprint density at radius 1 is 0.821 bits per heavy atom. The van der Waals surface area contributed by atoms with E-state index in [4.69, 9.17) is 9.47 Å². The Bertz CT molecular complexity index is 859. The highest BCUT2D eigenvalue weighted by atomic mass is 16.5. The molecule has 0 heterocycles. The highest BCUT2D eigenvalue weighted by Crippen LogP contribution is 2.29. The summed E-state index contributed by atoms with van der Waals surface area (Å²) in [6.45, 7) is 0.169. The molecule has 0 fully saturated rings. The number of carbonyl (C=O) groups excluding carboxylic acids is 1. The maximum atomic E-state index is 12.5. The van der Waals surface area contributed by atoms with Crippen molar-refractivity contribution in [3.63, 3.8) is 0 Å². The van der Waals surface area contributed by atoms with Gasteiger partial charge in [0.15, 0.2) is 11.5 Å². The first-order valence-corrected chi connectivity index (χ1v) is 9.06. The van der Waals surface area contributed by atoms with E-state index >= 15 is 0 Å². The summed E-state index contributed by atoms with van der Waals surface area (Å²) >= 11 is 0. The van der Waals surface area contributed by atoms with Gasteiger partial charge in [-0.3, -0.25) is 10.1 Å². The molecule has 0 spiro atoms. The van der Waals surface area contributed by atoms with Gasteiger partial charge in [0.1, 0.15) is 0 Å². The third-order valence-electron chi connectivity index (χ3n) is 4.40. The number of hydrogen-bond acceptors (Lipinski definition) is 4.